The summed E-state index contributed by atoms with van der Waals surface area (Å²) < 4.78 is 8.78. The fourth-order valence-electron chi connectivity index (χ4n) is 5.44. The molecule has 182 valence electrons. The Hall–Kier alpha value is -3.04. The van der Waals surface area contributed by atoms with Crippen molar-refractivity contribution in [3.05, 3.63) is 59.9 Å². The first-order chi connectivity index (χ1) is 17.3. The summed E-state index contributed by atoms with van der Waals surface area (Å²) in [6.07, 6.45) is 6.11. The summed E-state index contributed by atoms with van der Waals surface area (Å²) in [7, 11) is 1.71. The van der Waals surface area contributed by atoms with Crippen LogP contribution in [0.1, 0.15) is 55.6 Å². The average Bonchev–Trinajstić information content (AvgIpc) is 3.58. The van der Waals surface area contributed by atoms with Crippen molar-refractivity contribution in [3.63, 3.8) is 0 Å². The number of hydrogen-bond donors (Lipinski definition) is 0. The first-order valence-electron chi connectivity index (χ1n) is 12.6. The van der Waals surface area contributed by atoms with E-state index in [0.717, 1.165) is 61.2 Å². The highest BCUT2D eigenvalue weighted by molar-refractivity contribution is 7.22. The maximum Gasteiger partial charge on any atom is 0.186 e. The lowest BCUT2D eigenvalue weighted by Gasteiger charge is -2.39. The van der Waals surface area contributed by atoms with Gasteiger partial charge in [0.25, 0.3) is 0 Å². The van der Waals surface area contributed by atoms with Crippen LogP contribution in [0.2, 0.25) is 0 Å². The molecule has 0 radical (unpaired) electrons. The second-order valence-corrected chi connectivity index (χ2v) is 10.4. The number of benzene rings is 2. The number of thiazole rings is 1. The van der Waals surface area contributed by atoms with Crippen molar-refractivity contribution in [3.8, 4) is 5.75 Å². The molecule has 6 rings (SSSR count). The fraction of sp³-hybridized carbons (Fsp3) is 0.462. The van der Waals surface area contributed by atoms with Crippen LogP contribution >= 0.6 is 11.3 Å². The molecule has 2 fully saturated rings. The predicted molar refractivity (Wildman–Crippen MR) is 138 cm³/mol. The standard InChI is InChI=1S/C26H31N7OS/c1-34-21-13-11-19(12-14-21)24(25-28-29-30-33(25)20-7-3-2-4-8-20)31-15-17-32(18-16-31)26-27-22-9-5-6-10-23(22)35-26/h5-6,9-14,20,24H,2-4,7-8,15-18H2,1H3. The molecule has 2 aliphatic rings. The van der Waals surface area contributed by atoms with Crippen molar-refractivity contribution in [2.24, 2.45) is 0 Å². The molecule has 2 aromatic heterocycles. The fourth-order valence-corrected chi connectivity index (χ4v) is 6.46. The summed E-state index contributed by atoms with van der Waals surface area (Å²) in [6, 6.07) is 17.2. The van der Waals surface area contributed by atoms with E-state index in [1.54, 1.807) is 18.4 Å². The molecule has 1 saturated carbocycles. The molecule has 8 nitrogen and oxygen atoms in total. The highest BCUT2D eigenvalue weighted by atomic mass is 32.1. The van der Waals surface area contributed by atoms with Gasteiger partial charge in [-0.25, -0.2) is 9.67 Å². The number of rotatable bonds is 6. The molecule has 1 unspecified atom stereocenters. The smallest absolute Gasteiger partial charge is 0.186 e. The lowest BCUT2D eigenvalue weighted by atomic mass is 9.95. The summed E-state index contributed by atoms with van der Waals surface area (Å²) >= 11 is 1.78. The monoisotopic (exact) mass is 489 g/mol. The van der Waals surface area contributed by atoms with E-state index in [4.69, 9.17) is 9.72 Å². The number of anilines is 1. The number of ether oxygens (including phenoxy) is 1. The van der Waals surface area contributed by atoms with E-state index >= 15 is 0 Å². The number of para-hydroxylation sites is 1. The second-order valence-electron chi connectivity index (χ2n) is 9.44. The van der Waals surface area contributed by atoms with Crippen LogP contribution < -0.4 is 9.64 Å². The molecule has 0 N–H and O–H groups in total. The van der Waals surface area contributed by atoms with Gasteiger partial charge in [0.15, 0.2) is 11.0 Å². The highest BCUT2D eigenvalue weighted by Crippen LogP contribution is 2.35. The zero-order valence-electron chi connectivity index (χ0n) is 20.1. The summed E-state index contributed by atoms with van der Waals surface area (Å²) in [5.74, 6) is 1.82. The Balaban J connectivity index is 1.27. The van der Waals surface area contributed by atoms with Crippen LogP contribution in [-0.4, -0.2) is 63.4 Å². The van der Waals surface area contributed by atoms with Gasteiger partial charge in [-0.05, 0) is 53.1 Å². The molecule has 1 aliphatic carbocycles. The minimum Gasteiger partial charge on any atom is -0.497 e. The molecule has 2 aromatic carbocycles. The van der Waals surface area contributed by atoms with Crippen LogP contribution in [0.4, 0.5) is 5.13 Å². The van der Waals surface area contributed by atoms with Crippen LogP contribution in [0.5, 0.6) is 5.75 Å². The molecule has 0 spiro atoms. The Labute approximate surface area is 209 Å². The number of hydrogen-bond acceptors (Lipinski definition) is 8. The summed E-state index contributed by atoms with van der Waals surface area (Å²) in [5, 5.41) is 14.3. The topological polar surface area (TPSA) is 72.2 Å². The lowest BCUT2D eigenvalue weighted by molar-refractivity contribution is 0.193. The Morgan fingerprint density at radius 3 is 2.46 bits per heavy atom. The molecule has 1 aliphatic heterocycles. The quantitative estimate of drug-likeness (QED) is 0.388. The SMILES string of the molecule is COc1ccc(C(c2nnnn2C2CCCCC2)N2CCN(c3nc4ccccc4s3)CC2)cc1. The third-order valence-corrected chi connectivity index (χ3v) is 8.44. The van der Waals surface area contributed by atoms with E-state index in [1.807, 2.05) is 12.1 Å². The Kier molecular flexibility index (Phi) is 6.35. The Bertz CT molecular complexity index is 1220. The third kappa shape index (κ3) is 4.50. The number of nitrogens with zero attached hydrogens (tertiary/aromatic N) is 7. The van der Waals surface area contributed by atoms with Gasteiger partial charge in [-0.15, -0.1) is 5.10 Å². The molecule has 1 atom stereocenters. The van der Waals surface area contributed by atoms with Crippen LogP contribution in [0.3, 0.4) is 0 Å². The van der Waals surface area contributed by atoms with Crippen LogP contribution in [0.25, 0.3) is 10.2 Å². The van der Waals surface area contributed by atoms with Gasteiger partial charge in [0, 0.05) is 26.2 Å². The van der Waals surface area contributed by atoms with Crippen molar-refractivity contribution in [2.75, 3.05) is 38.2 Å². The highest BCUT2D eigenvalue weighted by Gasteiger charge is 2.33. The summed E-state index contributed by atoms with van der Waals surface area (Å²) in [5.41, 5.74) is 2.28. The van der Waals surface area contributed by atoms with Crippen molar-refractivity contribution < 1.29 is 4.74 Å². The Morgan fingerprint density at radius 2 is 1.71 bits per heavy atom. The maximum atomic E-state index is 5.42. The van der Waals surface area contributed by atoms with Crippen LogP contribution in [-0.2, 0) is 0 Å². The Morgan fingerprint density at radius 1 is 0.943 bits per heavy atom. The maximum absolute atomic E-state index is 5.42. The largest absolute Gasteiger partial charge is 0.497 e. The lowest BCUT2D eigenvalue weighted by Crippen LogP contribution is -2.48. The minimum absolute atomic E-state index is 0.00958. The zero-order valence-corrected chi connectivity index (χ0v) is 20.9. The first-order valence-corrected chi connectivity index (χ1v) is 13.4. The molecule has 9 heteroatoms. The average molecular weight is 490 g/mol. The van der Waals surface area contributed by atoms with Crippen LogP contribution in [0, 0.1) is 0 Å². The molecule has 0 bridgehead atoms. The second kappa shape index (κ2) is 9.91. The normalized spacial score (nSPS) is 18.7. The third-order valence-electron chi connectivity index (χ3n) is 7.35. The number of piperazine rings is 1. The number of aromatic nitrogens is 5. The number of fused-ring (bicyclic) bond motifs is 1. The molecular formula is C26H31N7OS. The van der Waals surface area contributed by atoms with Crippen LogP contribution in [0.15, 0.2) is 48.5 Å². The molecule has 0 amide bonds. The molecule has 1 saturated heterocycles. The first kappa shape index (κ1) is 22.4. The number of tetrazole rings is 1. The summed E-state index contributed by atoms with van der Waals surface area (Å²) in [6.45, 7) is 3.70. The van der Waals surface area contributed by atoms with Gasteiger partial charge >= 0.3 is 0 Å². The van der Waals surface area contributed by atoms with Gasteiger partial charge in [-0.3, -0.25) is 4.90 Å². The number of methoxy groups -OCH3 is 1. The van der Waals surface area contributed by atoms with Crippen molar-refractivity contribution in [2.45, 2.75) is 44.2 Å². The molecule has 3 heterocycles. The molecular weight excluding hydrogens is 458 g/mol. The van der Waals surface area contributed by atoms with Gasteiger partial charge in [0.2, 0.25) is 0 Å². The minimum atomic E-state index is 0.00958. The van der Waals surface area contributed by atoms with Gasteiger partial charge < -0.3 is 9.64 Å². The summed E-state index contributed by atoms with van der Waals surface area (Å²) in [4.78, 5) is 9.82. The van der Waals surface area contributed by atoms with E-state index in [2.05, 4.69) is 66.4 Å². The van der Waals surface area contributed by atoms with E-state index in [1.165, 1.54) is 29.5 Å². The molecule has 35 heavy (non-hydrogen) atoms. The zero-order chi connectivity index (χ0) is 23.6. The van der Waals surface area contributed by atoms with Gasteiger partial charge in [-0.2, -0.15) is 0 Å². The van der Waals surface area contributed by atoms with E-state index in [9.17, 15) is 0 Å². The van der Waals surface area contributed by atoms with Crippen molar-refractivity contribution in [1.29, 1.82) is 0 Å². The van der Waals surface area contributed by atoms with E-state index < -0.39 is 0 Å². The van der Waals surface area contributed by atoms with Crippen molar-refractivity contribution in [1.82, 2.24) is 30.1 Å². The van der Waals surface area contributed by atoms with Gasteiger partial charge in [-0.1, -0.05) is 54.9 Å². The van der Waals surface area contributed by atoms with Crippen molar-refractivity contribution >= 4 is 26.7 Å². The van der Waals surface area contributed by atoms with E-state index in [-0.39, 0.29) is 6.04 Å². The van der Waals surface area contributed by atoms with Gasteiger partial charge in [0.1, 0.15) is 5.75 Å². The predicted octanol–water partition coefficient (Wildman–Crippen LogP) is 4.71. The van der Waals surface area contributed by atoms with E-state index in [0.29, 0.717) is 6.04 Å². The van der Waals surface area contributed by atoms with Gasteiger partial charge in [0.05, 0.1) is 29.4 Å². The molecule has 4 aromatic rings.